The van der Waals surface area contributed by atoms with Crippen LogP contribution in [0.2, 0.25) is 0 Å². The highest BCUT2D eigenvalue weighted by Gasteiger charge is 2.34. The van der Waals surface area contributed by atoms with Gasteiger partial charge in [-0.1, -0.05) is 4.49 Å². The van der Waals surface area contributed by atoms with Gasteiger partial charge in [0.05, 0.1) is 11.8 Å². The molecule has 1 aliphatic rings. The predicted molar refractivity (Wildman–Crippen MR) is 49.2 cm³/mol. The van der Waals surface area contributed by atoms with Gasteiger partial charge in [-0.25, -0.2) is 0 Å². The molecular weight excluding hydrogens is 184 g/mol. The maximum absolute atomic E-state index is 9.06. The van der Waals surface area contributed by atoms with Crippen molar-refractivity contribution in [2.45, 2.75) is 24.8 Å². The van der Waals surface area contributed by atoms with Gasteiger partial charge in [-0.2, -0.15) is 5.26 Å². The van der Waals surface area contributed by atoms with Crippen LogP contribution in [0.25, 0.3) is 0 Å². The van der Waals surface area contributed by atoms with Crippen molar-refractivity contribution in [1.82, 2.24) is 14.9 Å². The van der Waals surface area contributed by atoms with Gasteiger partial charge in [0.2, 0.25) is 0 Å². The molecule has 0 aliphatic carbocycles. The normalized spacial score (nSPS) is 27.3. The van der Waals surface area contributed by atoms with Gasteiger partial charge in [0, 0.05) is 11.8 Å². The quantitative estimate of drug-likeness (QED) is 0.753. The summed E-state index contributed by atoms with van der Waals surface area (Å²) in [6, 6.07) is 2.34. The minimum absolute atomic E-state index is 0.379. The third-order valence-electron chi connectivity index (χ3n) is 2.35. The average molecular weight is 194 g/mol. The molecule has 13 heavy (non-hydrogen) atoms. The molecule has 1 saturated heterocycles. The molecule has 4 nitrogen and oxygen atoms in total. The van der Waals surface area contributed by atoms with E-state index in [1.165, 1.54) is 11.5 Å². The zero-order valence-corrected chi connectivity index (χ0v) is 7.97. The van der Waals surface area contributed by atoms with Crippen LogP contribution in [0, 0.1) is 11.3 Å². The molecule has 0 bridgehead atoms. The van der Waals surface area contributed by atoms with Gasteiger partial charge in [-0.15, -0.1) is 5.10 Å². The molecule has 2 heterocycles. The number of rotatable bonds is 2. The van der Waals surface area contributed by atoms with E-state index in [9.17, 15) is 0 Å². The molecule has 0 saturated carbocycles. The smallest absolute Gasteiger partial charge is 0.112 e. The number of hydrogen-bond acceptors (Lipinski definition) is 5. The van der Waals surface area contributed by atoms with Crippen molar-refractivity contribution in [1.29, 1.82) is 5.26 Å². The predicted octanol–water partition coefficient (Wildman–Crippen LogP) is 0.726. The van der Waals surface area contributed by atoms with E-state index in [4.69, 9.17) is 5.26 Å². The Morgan fingerprint density at radius 1 is 1.77 bits per heavy atom. The molecule has 1 aromatic rings. The minimum atomic E-state index is -0.379. The van der Waals surface area contributed by atoms with Crippen molar-refractivity contribution in [3.05, 3.63) is 11.1 Å². The van der Waals surface area contributed by atoms with E-state index in [-0.39, 0.29) is 5.54 Å². The Bertz CT molecular complexity index is 307. The van der Waals surface area contributed by atoms with Crippen molar-refractivity contribution in [2.75, 3.05) is 6.54 Å². The van der Waals surface area contributed by atoms with Crippen LogP contribution in [0.5, 0.6) is 0 Å². The third-order valence-corrected chi connectivity index (χ3v) is 2.90. The van der Waals surface area contributed by atoms with Crippen LogP contribution >= 0.6 is 11.5 Å². The summed E-state index contributed by atoms with van der Waals surface area (Å²) in [4.78, 5) is 0. The second kappa shape index (κ2) is 3.40. The molecule has 5 heteroatoms. The van der Waals surface area contributed by atoms with Crippen molar-refractivity contribution in [2.24, 2.45) is 0 Å². The molecule has 2 rings (SSSR count). The largest absolute Gasteiger partial charge is 0.299 e. The molecular formula is C8H10N4S. The lowest BCUT2D eigenvalue weighted by Crippen LogP contribution is -2.40. The summed E-state index contributed by atoms with van der Waals surface area (Å²) in [5.74, 6) is 0. The summed E-state index contributed by atoms with van der Waals surface area (Å²) < 4.78 is 3.78. The zero-order chi connectivity index (χ0) is 9.15. The average Bonchev–Trinajstić information content (AvgIpc) is 2.77. The first-order chi connectivity index (χ1) is 6.35. The van der Waals surface area contributed by atoms with Crippen molar-refractivity contribution >= 4 is 11.5 Å². The molecule has 0 amide bonds. The standard InChI is InChI=1S/C8H10N4S/c9-6-8(2-1-3-10-8)4-7-5-13-12-11-7/h5,10H,1-4H2. The summed E-state index contributed by atoms with van der Waals surface area (Å²) in [5.41, 5.74) is 0.538. The third kappa shape index (κ3) is 1.69. The van der Waals surface area contributed by atoms with Gasteiger partial charge in [-0.05, 0) is 30.9 Å². The summed E-state index contributed by atoms with van der Waals surface area (Å²) in [7, 11) is 0. The fraction of sp³-hybridized carbons (Fsp3) is 0.625. The monoisotopic (exact) mass is 194 g/mol. The van der Waals surface area contributed by atoms with E-state index in [0.717, 1.165) is 25.1 Å². The Morgan fingerprint density at radius 2 is 2.69 bits per heavy atom. The molecule has 0 spiro atoms. The number of nitrogens with zero attached hydrogens (tertiary/aromatic N) is 3. The van der Waals surface area contributed by atoms with E-state index in [2.05, 4.69) is 21.0 Å². The van der Waals surface area contributed by atoms with Gasteiger partial charge in [0.15, 0.2) is 0 Å². The second-order valence-corrected chi connectivity index (χ2v) is 3.91. The van der Waals surface area contributed by atoms with Crippen molar-refractivity contribution < 1.29 is 0 Å². The molecule has 1 unspecified atom stereocenters. The lowest BCUT2D eigenvalue weighted by Gasteiger charge is -2.18. The second-order valence-electron chi connectivity index (χ2n) is 3.30. The first kappa shape index (κ1) is 8.60. The highest BCUT2D eigenvalue weighted by atomic mass is 32.1. The molecule has 1 aliphatic heterocycles. The minimum Gasteiger partial charge on any atom is -0.299 e. The summed E-state index contributed by atoms with van der Waals surface area (Å²) in [6.45, 7) is 0.936. The van der Waals surface area contributed by atoms with Crippen LogP contribution in [0.3, 0.4) is 0 Å². The van der Waals surface area contributed by atoms with Gasteiger partial charge < -0.3 is 0 Å². The molecule has 0 aromatic carbocycles. The lowest BCUT2D eigenvalue weighted by atomic mass is 9.94. The Hall–Kier alpha value is -0.990. The highest BCUT2D eigenvalue weighted by molar-refractivity contribution is 7.03. The summed E-state index contributed by atoms with van der Waals surface area (Å²) in [6.07, 6.45) is 2.67. The number of nitrogens with one attached hydrogen (secondary N) is 1. The van der Waals surface area contributed by atoms with E-state index in [1.807, 2.05) is 5.38 Å². The molecule has 0 radical (unpaired) electrons. The van der Waals surface area contributed by atoms with Crippen LogP contribution in [0.1, 0.15) is 18.5 Å². The van der Waals surface area contributed by atoms with Crippen molar-refractivity contribution in [3.63, 3.8) is 0 Å². The SMILES string of the molecule is N#CC1(Cc2csnn2)CCCN1. The van der Waals surface area contributed by atoms with Crippen molar-refractivity contribution in [3.8, 4) is 6.07 Å². The van der Waals surface area contributed by atoms with E-state index in [0.29, 0.717) is 6.42 Å². The van der Waals surface area contributed by atoms with E-state index < -0.39 is 0 Å². The number of hydrogen-bond donors (Lipinski definition) is 1. The van der Waals surface area contributed by atoms with Gasteiger partial charge in [-0.3, -0.25) is 5.32 Å². The summed E-state index contributed by atoms with van der Waals surface area (Å²) in [5, 5.41) is 18.1. The lowest BCUT2D eigenvalue weighted by molar-refractivity contribution is 0.475. The van der Waals surface area contributed by atoms with Gasteiger partial charge >= 0.3 is 0 Å². The van der Waals surface area contributed by atoms with Crippen LogP contribution in [0.4, 0.5) is 0 Å². The van der Waals surface area contributed by atoms with Gasteiger partial charge in [0.25, 0.3) is 0 Å². The topological polar surface area (TPSA) is 61.6 Å². The molecule has 1 fully saturated rings. The molecule has 1 N–H and O–H groups in total. The van der Waals surface area contributed by atoms with Crippen LogP contribution in [-0.4, -0.2) is 21.7 Å². The number of nitriles is 1. The van der Waals surface area contributed by atoms with E-state index in [1.54, 1.807) is 0 Å². The fourth-order valence-electron chi connectivity index (χ4n) is 1.66. The molecule has 1 atom stereocenters. The molecule has 68 valence electrons. The number of aromatic nitrogens is 2. The Kier molecular flexibility index (Phi) is 2.25. The van der Waals surface area contributed by atoms with Gasteiger partial charge in [0.1, 0.15) is 5.54 Å². The van der Waals surface area contributed by atoms with Crippen LogP contribution in [-0.2, 0) is 6.42 Å². The first-order valence-electron chi connectivity index (χ1n) is 4.27. The summed E-state index contributed by atoms with van der Waals surface area (Å²) >= 11 is 1.33. The Morgan fingerprint density at radius 3 is 3.23 bits per heavy atom. The Balaban J connectivity index is 2.11. The Labute approximate surface area is 80.7 Å². The van der Waals surface area contributed by atoms with Crippen LogP contribution < -0.4 is 5.32 Å². The highest BCUT2D eigenvalue weighted by Crippen LogP contribution is 2.22. The molecule has 1 aromatic heterocycles. The van der Waals surface area contributed by atoms with Crippen LogP contribution in [0.15, 0.2) is 5.38 Å². The van der Waals surface area contributed by atoms with E-state index >= 15 is 0 Å². The fourth-order valence-corrected chi connectivity index (χ4v) is 2.11. The maximum Gasteiger partial charge on any atom is 0.112 e. The first-order valence-corrected chi connectivity index (χ1v) is 5.10. The maximum atomic E-state index is 9.06. The zero-order valence-electron chi connectivity index (χ0n) is 7.16.